The molecule has 1 heterocycles. The number of carbonyl (C=O) groups excluding carboxylic acids is 2. The Hall–Kier alpha value is -3.52. The summed E-state index contributed by atoms with van der Waals surface area (Å²) in [4.78, 5) is 25.4. The normalized spacial score (nSPS) is 10.2. The minimum atomic E-state index is -0.316. The lowest BCUT2D eigenvalue weighted by molar-refractivity contribution is 0.101. The maximum Gasteiger partial charge on any atom is 0.265 e. The van der Waals surface area contributed by atoms with Crippen molar-refractivity contribution in [2.75, 3.05) is 32.0 Å². The van der Waals surface area contributed by atoms with Crippen molar-refractivity contribution in [1.29, 1.82) is 0 Å². The number of anilines is 2. The van der Waals surface area contributed by atoms with Crippen LogP contribution in [0.25, 0.3) is 0 Å². The molecule has 3 rings (SSSR count). The Labute approximate surface area is 172 Å². The van der Waals surface area contributed by atoms with Gasteiger partial charge in [-0.2, -0.15) is 0 Å². The van der Waals surface area contributed by atoms with E-state index in [0.29, 0.717) is 39.1 Å². The van der Waals surface area contributed by atoms with Gasteiger partial charge in [0.15, 0.2) is 11.5 Å². The van der Waals surface area contributed by atoms with Gasteiger partial charge in [0.05, 0.1) is 31.9 Å². The van der Waals surface area contributed by atoms with E-state index in [-0.39, 0.29) is 11.8 Å². The molecule has 0 fully saturated rings. The molecule has 2 amide bonds. The molecule has 0 aliphatic carbocycles. The van der Waals surface area contributed by atoms with Gasteiger partial charge < -0.3 is 24.8 Å². The number of ether oxygens (including phenoxy) is 3. The van der Waals surface area contributed by atoms with Crippen LogP contribution in [0.1, 0.15) is 20.0 Å². The molecule has 2 N–H and O–H groups in total. The van der Waals surface area contributed by atoms with E-state index in [1.165, 1.54) is 32.7 Å². The van der Waals surface area contributed by atoms with Crippen molar-refractivity contribution in [1.82, 2.24) is 0 Å². The zero-order chi connectivity index (χ0) is 20.8. The number of rotatable bonds is 7. The Kier molecular flexibility index (Phi) is 6.36. The molecule has 8 heteroatoms. The Morgan fingerprint density at radius 2 is 1.55 bits per heavy atom. The molecule has 3 aromatic rings. The highest BCUT2D eigenvalue weighted by Crippen LogP contribution is 2.30. The van der Waals surface area contributed by atoms with Gasteiger partial charge in [-0.3, -0.25) is 9.59 Å². The zero-order valence-electron chi connectivity index (χ0n) is 16.1. The summed E-state index contributed by atoms with van der Waals surface area (Å²) < 4.78 is 15.8. The standard InChI is InChI=1S/C21H20N2O5S/c1-26-16-9-6-13(11-18(16)28-3)20(24)22-14-7-8-15(17(12-14)27-2)23-21(25)19-5-4-10-29-19/h4-12H,1-3H3,(H,22,24)(H,23,25). The van der Waals surface area contributed by atoms with Crippen LogP contribution in [0.3, 0.4) is 0 Å². The molecule has 2 aromatic carbocycles. The third-order valence-corrected chi connectivity index (χ3v) is 4.97. The zero-order valence-corrected chi connectivity index (χ0v) is 17.0. The van der Waals surface area contributed by atoms with Crippen LogP contribution in [0.4, 0.5) is 11.4 Å². The average Bonchev–Trinajstić information content (AvgIpc) is 3.29. The first kappa shape index (κ1) is 20.2. The molecule has 0 aliphatic heterocycles. The van der Waals surface area contributed by atoms with Crippen LogP contribution in [0.2, 0.25) is 0 Å². The summed E-state index contributed by atoms with van der Waals surface area (Å²) in [5.74, 6) is 0.893. The summed E-state index contributed by atoms with van der Waals surface area (Å²) in [6, 6.07) is 13.5. The molecule has 1 aromatic heterocycles. The number of amides is 2. The number of hydrogen-bond acceptors (Lipinski definition) is 6. The van der Waals surface area contributed by atoms with Crippen LogP contribution < -0.4 is 24.8 Å². The van der Waals surface area contributed by atoms with E-state index in [2.05, 4.69) is 10.6 Å². The van der Waals surface area contributed by atoms with E-state index in [9.17, 15) is 9.59 Å². The molecule has 7 nitrogen and oxygen atoms in total. The largest absolute Gasteiger partial charge is 0.494 e. The summed E-state index contributed by atoms with van der Waals surface area (Å²) in [7, 11) is 4.53. The molecular formula is C21H20N2O5S. The molecule has 0 radical (unpaired) electrons. The average molecular weight is 412 g/mol. The fourth-order valence-electron chi connectivity index (χ4n) is 2.64. The first-order chi connectivity index (χ1) is 14.0. The third kappa shape index (κ3) is 4.67. The fourth-order valence-corrected chi connectivity index (χ4v) is 3.26. The van der Waals surface area contributed by atoms with E-state index >= 15 is 0 Å². The molecule has 0 aliphatic rings. The first-order valence-corrected chi connectivity index (χ1v) is 9.50. The summed E-state index contributed by atoms with van der Waals surface area (Å²) in [6.07, 6.45) is 0. The van der Waals surface area contributed by atoms with Gasteiger partial charge in [-0.15, -0.1) is 11.3 Å². The van der Waals surface area contributed by atoms with Gasteiger partial charge in [-0.25, -0.2) is 0 Å². The highest BCUT2D eigenvalue weighted by Gasteiger charge is 2.14. The van der Waals surface area contributed by atoms with Crippen molar-refractivity contribution in [3.63, 3.8) is 0 Å². The molecule has 0 saturated carbocycles. The van der Waals surface area contributed by atoms with Crippen LogP contribution in [-0.4, -0.2) is 33.1 Å². The Bertz CT molecular complexity index is 1020. The number of nitrogens with one attached hydrogen (secondary N) is 2. The van der Waals surface area contributed by atoms with Crippen molar-refractivity contribution in [3.05, 3.63) is 64.4 Å². The second kappa shape index (κ2) is 9.11. The summed E-state index contributed by atoms with van der Waals surface area (Å²) in [5.41, 5.74) is 1.45. The molecule has 150 valence electrons. The highest BCUT2D eigenvalue weighted by molar-refractivity contribution is 7.12. The lowest BCUT2D eigenvalue weighted by Crippen LogP contribution is -2.13. The number of carbonyl (C=O) groups is 2. The summed E-state index contributed by atoms with van der Waals surface area (Å²) in [6.45, 7) is 0. The van der Waals surface area contributed by atoms with Crippen LogP contribution in [-0.2, 0) is 0 Å². The van der Waals surface area contributed by atoms with Crippen molar-refractivity contribution in [3.8, 4) is 17.2 Å². The molecular weight excluding hydrogens is 392 g/mol. The van der Waals surface area contributed by atoms with Crippen LogP contribution >= 0.6 is 11.3 Å². The van der Waals surface area contributed by atoms with Crippen molar-refractivity contribution >= 4 is 34.5 Å². The van der Waals surface area contributed by atoms with Crippen LogP contribution in [0.15, 0.2) is 53.9 Å². The lowest BCUT2D eigenvalue weighted by Gasteiger charge is -2.13. The van der Waals surface area contributed by atoms with E-state index < -0.39 is 0 Å². The molecule has 0 saturated heterocycles. The van der Waals surface area contributed by atoms with Gasteiger partial charge in [0.1, 0.15) is 5.75 Å². The van der Waals surface area contributed by atoms with Crippen molar-refractivity contribution < 1.29 is 23.8 Å². The predicted molar refractivity (Wildman–Crippen MR) is 113 cm³/mol. The number of methoxy groups -OCH3 is 3. The first-order valence-electron chi connectivity index (χ1n) is 8.62. The van der Waals surface area contributed by atoms with Gasteiger partial charge in [0, 0.05) is 17.3 Å². The van der Waals surface area contributed by atoms with Crippen molar-refractivity contribution in [2.45, 2.75) is 0 Å². The number of thiophene rings is 1. The smallest absolute Gasteiger partial charge is 0.265 e. The fraction of sp³-hybridized carbons (Fsp3) is 0.143. The number of hydrogen-bond donors (Lipinski definition) is 2. The maximum absolute atomic E-state index is 12.6. The van der Waals surface area contributed by atoms with E-state index in [0.717, 1.165) is 0 Å². The second-order valence-corrected chi connectivity index (χ2v) is 6.82. The monoisotopic (exact) mass is 412 g/mol. The van der Waals surface area contributed by atoms with Crippen LogP contribution in [0, 0.1) is 0 Å². The molecule has 0 spiro atoms. The highest BCUT2D eigenvalue weighted by atomic mass is 32.1. The van der Waals surface area contributed by atoms with Gasteiger partial charge in [-0.05, 0) is 41.8 Å². The molecule has 0 unspecified atom stereocenters. The molecule has 0 bridgehead atoms. The van der Waals surface area contributed by atoms with Crippen LogP contribution in [0.5, 0.6) is 17.2 Å². The third-order valence-electron chi connectivity index (χ3n) is 4.10. The summed E-state index contributed by atoms with van der Waals surface area (Å²) in [5, 5.41) is 7.44. The quantitative estimate of drug-likeness (QED) is 0.605. The van der Waals surface area contributed by atoms with E-state index in [1.54, 1.807) is 42.5 Å². The molecule has 0 atom stereocenters. The minimum absolute atomic E-state index is 0.222. The van der Waals surface area contributed by atoms with Gasteiger partial charge >= 0.3 is 0 Å². The topological polar surface area (TPSA) is 85.9 Å². The van der Waals surface area contributed by atoms with Gasteiger partial charge in [0.25, 0.3) is 11.8 Å². The Morgan fingerprint density at radius 1 is 0.793 bits per heavy atom. The maximum atomic E-state index is 12.6. The number of benzene rings is 2. The molecule has 29 heavy (non-hydrogen) atoms. The second-order valence-electron chi connectivity index (χ2n) is 5.87. The van der Waals surface area contributed by atoms with Gasteiger partial charge in [0.2, 0.25) is 0 Å². The SMILES string of the molecule is COc1cc(NC(=O)c2ccc(OC)c(OC)c2)ccc1NC(=O)c1cccs1. The predicted octanol–water partition coefficient (Wildman–Crippen LogP) is 4.28. The van der Waals surface area contributed by atoms with E-state index in [4.69, 9.17) is 14.2 Å². The Morgan fingerprint density at radius 3 is 2.21 bits per heavy atom. The minimum Gasteiger partial charge on any atom is -0.494 e. The van der Waals surface area contributed by atoms with Crippen molar-refractivity contribution in [2.24, 2.45) is 0 Å². The van der Waals surface area contributed by atoms with Gasteiger partial charge in [-0.1, -0.05) is 6.07 Å². The van der Waals surface area contributed by atoms with E-state index in [1.807, 2.05) is 11.4 Å². The summed E-state index contributed by atoms with van der Waals surface area (Å²) >= 11 is 1.35. The Balaban J connectivity index is 1.76. The lowest BCUT2D eigenvalue weighted by atomic mass is 10.1.